The molecular formula is C13H15FN2O. The van der Waals surface area contributed by atoms with Crippen molar-refractivity contribution < 1.29 is 9.18 Å². The van der Waals surface area contributed by atoms with Crippen LogP contribution >= 0.6 is 0 Å². The molecule has 90 valence electrons. The van der Waals surface area contributed by atoms with E-state index in [2.05, 4.69) is 17.2 Å². The second-order valence-corrected chi connectivity index (χ2v) is 3.63. The molecule has 0 atom stereocenters. The molecule has 3 nitrogen and oxygen atoms in total. The first-order chi connectivity index (χ1) is 8.06. The van der Waals surface area contributed by atoms with E-state index in [9.17, 15) is 9.18 Å². The SMILES string of the molecule is CC#CCCNC(=O)c1cc(N)cc(C)c1F. The summed E-state index contributed by atoms with van der Waals surface area (Å²) in [5, 5.41) is 2.59. The molecule has 0 aliphatic heterocycles. The molecule has 0 saturated carbocycles. The summed E-state index contributed by atoms with van der Waals surface area (Å²) in [5.41, 5.74) is 6.29. The topological polar surface area (TPSA) is 55.1 Å². The van der Waals surface area contributed by atoms with Crippen LogP contribution in [-0.2, 0) is 0 Å². The van der Waals surface area contributed by atoms with Crippen molar-refractivity contribution in [1.29, 1.82) is 0 Å². The molecule has 17 heavy (non-hydrogen) atoms. The number of hydrogen-bond donors (Lipinski definition) is 2. The van der Waals surface area contributed by atoms with E-state index in [0.717, 1.165) is 0 Å². The van der Waals surface area contributed by atoms with E-state index in [0.29, 0.717) is 24.2 Å². The summed E-state index contributed by atoms with van der Waals surface area (Å²) >= 11 is 0. The van der Waals surface area contributed by atoms with Gasteiger partial charge in [-0.3, -0.25) is 4.79 Å². The third kappa shape index (κ3) is 3.49. The molecule has 0 radical (unpaired) electrons. The van der Waals surface area contributed by atoms with E-state index in [1.54, 1.807) is 13.8 Å². The average Bonchev–Trinajstić information content (AvgIpc) is 2.29. The Morgan fingerprint density at radius 2 is 2.24 bits per heavy atom. The molecule has 0 unspecified atom stereocenters. The van der Waals surface area contributed by atoms with Crippen LogP contribution in [0.3, 0.4) is 0 Å². The molecule has 0 bridgehead atoms. The van der Waals surface area contributed by atoms with Gasteiger partial charge in [0.05, 0.1) is 5.56 Å². The second-order valence-electron chi connectivity index (χ2n) is 3.63. The van der Waals surface area contributed by atoms with E-state index >= 15 is 0 Å². The summed E-state index contributed by atoms with van der Waals surface area (Å²) in [4.78, 5) is 11.7. The molecule has 1 amide bonds. The maximum absolute atomic E-state index is 13.7. The summed E-state index contributed by atoms with van der Waals surface area (Å²) in [7, 11) is 0. The third-order valence-electron chi connectivity index (χ3n) is 2.23. The number of anilines is 1. The van der Waals surface area contributed by atoms with E-state index in [4.69, 9.17) is 5.73 Å². The van der Waals surface area contributed by atoms with Gasteiger partial charge in [0.2, 0.25) is 0 Å². The number of benzene rings is 1. The van der Waals surface area contributed by atoms with Crippen LogP contribution in [0.5, 0.6) is 0 Å². The Balaban J connectivity index is 2.77. The molecule has 0 aromatic heterocycles. The minimum atomic E-state index is -0.529. The van der Waals surface area contributed by atoms with E-state index in [-0.39, 0.29) is 5.56 Å². The predicted octanol–water partition coefficient (Wildman–Crippen LogP) is 1.86. The lowest BCUT2D eigenvalue weighted by molar-refractivity contribution is 0.0950. The first-order valence-corrected chi connectivity index (χ1v) is 5.29. The Kier molecular flexibility index (Phi) is 4.53. The lowest BCUT2D eigenvalue weighted by atomic mass is 10.1. The minimum absolute atomic E-state index is 0.0213. The zero-order valence-electron chi connectivity index (χ0n) is 9.93. The first-order valence-electron chi connectivity index (χ1n) is 5.29. The Morgan fingerprint density at radius 1 is 1.53 bits per heavy atom. The molecular weight excluding hydrogens is 219 g/mol. The van der Waals surface area contributed by atoms with Crippen LogP contribution in [0.25, 0.3) is 0 Å². The van der Waals surface area contributed by atoms with Crippen molar-refractivity contribution in [2.75, 3.05) is 12.3 Å². The Bertz CT molecular complexity index is 486. The molecule has 1 aromatic rings. The smallest absolute Gasteiger partial charge is 0.254 e. The quantitative estimate of drug-likeness (QED) is 0.476. The van der Waals surface area contributed by atoms with Crippen LogP contribution in [0.4, 0.5) is 10.1 Å². The number of rotatable bonds is 3. The van der Waals surface area contributed by atoms with Crippen LogP contribution in [0.15, 0.2) is 12.1 Å². The van der Waals surface area contributed by atoms with Gasteiger partial charge in [0.1, 0.15) is 5.82 Å². The number of carbonyl (C=O) groups is 1. The highest BCUT2D eigenvalue weighted by molar-refractivity contribution is 5.95. The van der Waals surface area contributed by atoms with Gasteiger partial charge < -0.3 is 11.1 Å². The summed E-state index contributed by atoms with van der Waals surface area (Å²) in [6.07, 6.45) is 0.547. The highest BCUT2D eigenvalue weighted by Gasteiger charge is 2.13. The molecule has 0 aliphatic rings. The molecule has 1 rings (SSSR count). The fourth-order valence-electron chi connectivity index (χ4n) is 1.42. The Labute approximate surface area is 100 Å². The number of aryl methyl sites for hydroxylation is 1. The van der Waals surface area contributed by atoms with Gasteiger partial charge in [-0.05, 0) is 31.5 Å². The van der Waals surface area contributed by atoms with Gasteiger partial charge in [-0.1, -0.05) is 0 Å². The number of hydrogen-bond acceptors (Lipinski definition) is 2. The summed E-state index contributed by atoms with van der Waals surface area (Å²) in [5.74, 6) is 4.53. The Morgan fingerprint density at radius 3 is 2.88 bits per heavy atom. The molecule has 3 N–H and O–H groups in total. The van der Waals surface area contributed by atoms with Crippen LogP contribution in [0.2, 0.25) is 0 Å². The standard InChI is InChI=1S/C13H15FN2O/c1-3-4-5-6-16-13(17)11-8-10(15)7-9(2)12(11)14/h7-8H,5-6,15H2,1-2H3,(H,16,17). The molecule has 0 spiro atoms. The zero-order valence-corrected chi connectivity index (χ0v) is 9.93. The molecule has 0 fully saturated rings. The van der Waals surface area contributed by atoms with E-state index in [1.807, 2.05) is 0 Å². The second kappa shape index (κ2) is 5.90. The van der Waals surface area contributed by atoms with Crippen LogP contribution < -0.4 is 11.1 Å². The summed E-state index contributed by atoms with van der Waals surface area (Å²) in [6.45, 7) is 3.70. The van der Waals surface area contributed by atoms with Gasteiger partial charge in [-0.2, -0.15) is 0 Å². The lowest BCUT2D eigenvalue weighted by Crippen LogP contribution is -2.25. The molecule has 0 aliphatic carbocycles. The van der Waals surface area contributed by atoms with Gasteiger partial charge in [0, 0.05) is 18.7 Å². The van der Waals surface area contributed by atoms with Gasteiger partial charge in [0.25, 0.3) is 5.91 Å². The normalized spacial score (nSPS) is 9.35. The average molecular weight is 234 g/mol. The van der Waals surface area contributed by atoms with Crippen molar-refractivity contribution in [3.05, 3.63) is 29.1 Å². The maximum atomic E-state index is 13.7. The molecule has 0 heterocycles. The lowest BCUT2D eigenvalue weighted by Gasteiger charge is -2.07. The van der Waals surface area contributed by atoms with Crippen molar-refractivity contribution in [3.63, 3.8) is 0 Å². The van der Waals surface area contributed by atoms with E-state index < -0.39 is 11.7 Å². The number of carbonyl (C=O) groups excluding carboxylic acids is 1. The van der Waals surface area contributed by atoms with Gasteiger partial charge in [-0.25, -0.2) is 4.39 Å². The van der Waals surface area contributed by atoms with Crippen molar-refractivity contribution in [2.24, 2.45) is 0 Å². The van der Waals surface area contributed by atoms with Crippen molar-refractivity contribution >= 4 is 11.6 Å². The molecule has 4 heteroatoms. The zero-order chi connectivity index (χ0) is 12.8. The number of halogens is 1. The number of nitrogens with one attached hydrogen (secondary N) is 1. The number of nitrogen functional groups attached to an aromatic ring is 1. The maximum Gasteiger partial charge on any atom is 0.254 e. The number of nitrogens with two attached hydrogens (primary N) is 1. The van der Waals surface area contributed by atoms with Gasteiger partial charge in [-0.15, -0.1) is 11.8 Å². The first kappa shape index (κ1) is 13.0. The Hall–Kier alpha value is -2.02. The van der Waals surface area contributed by atoms with Gasteiger partial charge in [0.15, 0.2) is 0 Å². The molecule has 0 saturated heterocycles. The van der Waals surface area contributed by atoms with Crippen molar-refractivity contribution in [2.45, 2.75) is 20.3 Å². The fourth-order valence-corrected chi connectivity index (χ4v) is 1.42. The number of amides is 1. The van der Waals surface area contributed by atoms with Crippen molar-refractivity contribution in [1.82, 2.24) is 5.32 Å². The third-order valence-corrected chi connectivity index (χ3v) is 2.23. The highest BCUT2D eigenvalue weighted by Crippen LogP contribution is 2.16. The van der Waals surface area contributed by atoms with Crippen LogP contribution in [0, 0.1) is 24.6 Å². The predicted molar refractivity (Wildman–Crippen MR) is 65.9 cm³/mol. The van der Waals surface area contributed by atoms with Crippen molar-refractivity contribution in [3.8, 4) is 11.8 Å². The monoisotopic (exact) mass is 234 g/mol. The van der Waals surface area contributed by atoms with Gasteiger partial charge >= 0.3 is 0 Å². The minimum Gasteiger partial charge on any atom is -0.399 e. The van der Waals surface area contributed by atoms with E-state index in [1.165, 1.54) is 12.1 Å². The summed E-state index contributed by atoms with van der Waals surface area (Å²) < 4.78 is 13.7. The highest BCUT2D eigenvalue weighted by atomic mass is 19.1. The molecule has 1 aromatic carbocycles. The van der Waals surface area contributed by atoms with Crippen LogP contribution in [0.1, 0.15) is 29.3 Å². The largest absolute Gasteiger partial charge is 0.399 e. The van der Waals surface area contributed by atoms with Crippen LogP contribution in [-0.4, -0.2) is 12.5 Å². The fraction of sp³-hybridized carbons (Fsp3) is 0.308. The summed E-state index contributed by atoms with van der Waals surface area (Å²) in [6, 6.07) is 2.83.